The first-order chi connectivity index (χ1) is 21.4. The van der Waals surface area contributed by atoms with Crippen molar-refractivity contribution in [2.75, 3.05) is 38.0 Å². The minimum atomic E-state index is -0.635. The fourth-order valence-electron chi connectivity index (χ4n) is 6.94. The quantitative estimate of drug-likeness (QED) is 0.345. The number of amides is 2. The van der Waals surface area contributed by atoms with E-state index in [9.17, 15) is 14.7 Å². The molecule has 2 amide bonds. The van der Waals surface area contributed by atoms with Gasteiger partial charge in [-0.3, -0.25) is 14.5 Å². The smallest absolute Gasteiger partial charge is 0.272 e. The van der Waals surface area contributed by atoms with E-state index >= 15 is 0 Å². The van der Waals surface area contributed by atoms with Gasteiger partial charge < -0.3 is 20.2 Å². The van der Waals surface area contributed by atoms with Crippen LogP contribution in [0.1, 0.15) is 47.8 Å². The van der Waals surface area contributed by atoms with E-state index in [-0.39, 0.29) is 30.4 Å². The molecule has 10 heteroatoms. The highest BCUT2D eigenvalue weighted by Gasteiger charge is 2.36. The number of carbonyl (C=O) groups excluding carboxylic acids is 2. The lowest BCUT2D eigenvalue weighted by Gasteiger charge is -2.43. The molecule has 2 aromatic heterocycles. The molecule has 0 aliphatic carbocycles. The Balaban J connectivity index is 1.11. The molecule has 0 unspecified atom stereocenters. The number of piperidine rings is 2. The topological polar surface area (TPSA) is 102 Å². The zero-order valence-corrected chi connectivity index (χ0v) is 25.8. The first kappa shape index (κ1) is 28.9. The van der Waals surface area contributed by atoms with Gasteiger partial charge in [-0.25, -0.2) is 9.97 Å². The van der Waals surface area contributed by atoms with Crippen molar-refractivity contribution in [2.24, 2.45) is 0 Å². The van der Waals surface area contributed by atoms with Crippen LogP contribution in [0.2, 0.25) is 0 Å². The van der Waals surface area contributed by atoms with Gasteiger partial charge in [0.15, 0.2) is 5.82 Å². The number of benzene rings is 2. The number of β-amino-alcohol motifs (C(OH)–C–C–N with tert-alkyl or cyclic N) is 1. The predicted molar refractivity (Wildman–Crippen MR) is 173 cm³/mol. The maximum absolute atomic E-state index is 14.0. The summed E-state index contributed by atoms with van der Waals surface area (Å²) in [5.74, 6) is 1.03. The van der Waals surface area contributed by atoms with Crippen molar-refractivity contribution < 1.29 is 14.7 Å². The molecule has 3 aliphatic rings. The Morgan fingerprint density at radius 2 is 1.68 bits per heavy atom. The second-order valence-corrected chi connectivity index (χ2v) is 13.1. The Morgan fingerprint density at radius 1 is 0.932 bits per heavy atom. The molecular formula is C34H38N6O3S. The summed E-state index contributed by atoms with van der Waals surface area (Å²) in [5, 5.41) is 17.9. The lowest BCUT2D eigenvalue weighted by molar-refractivity contribution is -0.129. The van der Waals surface area contributed by atoms with Gasteiger partial charge in [0.25, 0.3) is 5.91 Å². The Morgan fingerprint density at radius 3 is 2.48 bits per heavy atom. The number of thiophene rings is 1. The maximum atomic E-state index is 14.0. The van der Waals surface area contributed by atoms with Gasteiger partial charge in [-0.15, -0.1) is 11.3 Å². The fourth-order valence-corrected chi connectivity index (χ4v) is 7.88. The van der Waals surface area contributed by atoms with Crippen LogP contribution >= 0.6 is 11.3 Å². The average molecular weight is 611 g/mol. The van der Waals surface area contributed by atoms with Gasteiger partial charge in [-0.05, 0) is 42.9 Å². The summed E-state index contributed by atoms with van der Waals surface area (Å²) in [5.41, 5.74) is 3.94. The van der Waals surface area contributed by atoms with Crippen molar-refractivity contribution in [1.29, 1.82) is 0 Å². The van der Waals surface area contributed by atoms with Gasteiger partial charge in [0, 0.05) is 85.4 Å². The number of hydrogen-bond donors (Lipinski definition) is 2. The molecule has 2 saturated heterocycles. The number of aromatic nitrogens is 2. The Bertz CT molecular complexity index is 1680. The van der Waals surface area contributed by atoms with Gasteiger partial charge in [0.1, 0.15) is 11.5 Å². The summed E-state index contributed by atoms with van der Waals surface area (Å²) in [6, 6.07) is 18.6. The summed E-state index contributed by atoms with van der Waals surface area (Å²) in [7, 11) is 0. The SMILES string of the molecule is CC(=O)N1CCC(Nc2cc(C(=O)N3CC[C@@H](N4CCc5ccccc5C4)[C@H](O)C3)nc(-c3csc4ccccc34)n2)CC1. The third kappa shape index (κ3) is 5.81. The van der Waals surface area contributed by atoms with Gasteiger partial charge in [-0.2, -0.15) is 0 Å². The van der Waals surface area contributed by atoms with Crippen LogP contribution in [0.25, 0.3) is 21.5 Å². The van der Waals surface area contributed by atoms with E-state index < -0.39 is 6.10 Å². The number of carbonyl (C=O) groups is 2. The normalized spacial score (nSPS) is 21.3. The van der Waals surface area contributed by atoms with Crippen molar-refractivity contribution in [3.05, 3.63) is 76.8 Å². The molecule has 228 valence electrons. The second kappa shape index (κ2) is 12.3. The fraction of sp³-hybridized carbons (Fsp3) is 0.412. The maximum Gasteiger partial charge on any atom is 0.272 e. The molecule has 7 rings (SSSR count). The molecule has 0 saturated carbocycles. The third-order valence-electron chi connectivity index (χ3n) is 9.42. The van der Waals surface area contributed by atoms with Crippen LogP contribution in [0, 0.1) is 0 Å². The molecule has 2 aromatic carbocycles. The molecule has 2 atom stereocenters. The van der Waals surface area contributed by atoms with Crippen LogP contribution in [0.3, 0.4) is 0 Å². The van der Waals surface area contributed by atoms with E-state index in [4.69, 9.17) is 9.97 Å². The number of rotatable bonds is 5. The number of aliphatic hydroxyl groups is 1. The summed E-state index contributed by atoms with van der Waals surface area (Å²) >= 11 is 1.63. The Kier molecular flexibility index (Phi) is 8.05. The first-order valence-electron chi connectivity index (χ1n) is 15.6. The molecule has 0 spiro atoms. The summed E-state index contributed by atoms with van der Waals surface area (Å²) in [4.78, 5) is 41.5. The monoisotopic (exact) mass is 610 g/mol. The summed E-state index contributed by atoms with van der Waals surface area (Å²) in [6.07, 6.45) is 2.67. The van der Waals surface area contributed by atoms with Crippen molar-refractivity contribution in [3.8, 4) is 11.4 Å². The minimum absolute atomic E-state index is 0.0173. The molecule has 3 aliphatic heterocycles. The van der Waals surface area contributed by atoms with E-state index in [0.717, 1.165) is 48.0 Å². The van der Waals surface area contributed by atoms with Crippen molar-refractivity contribution in [3.63, 3.8) is 0 Å². The third-order valence-corrected chi connectivity index (χ3v) is 10.4. The zero-order chi connectivity index (χ0) is 30.2. The highest BCUT2D eigenvalue weighted by Crippen LogP contribution is 2.33. The molecule has 4 aromatic rings. The summed E-state index contributed by atoms with van der Waals surface area (Å²) in [6.45, 7) is 5.58. The molecule has 0 radical (unpaired) electrons. The Hall–Kier alpha value is -3.86. The number of anilines is 1. The molecular weight excluding hydrogens is 572 g/mol. The number of aliphatic hydroxyl groups excluding tert-OH is 1. The largest absolute Gasteiger partial charge is 0.390 e. The van der Waals surface area contributed by atoms with Crippen LogP contribution in [0.4, 0.5) is 5.82 Å². The van der Waals surface area contributed by atoms with Gasteiger partial charge >= 0.3 is 0 Å². The number of fused-ring (bicyclic) bond motifs is 2. The Labute approximate surface area is 261 Å². The van der Waals surface area contributed by atoms with E-state index in [1.165, 1.54) is 11.1 Å². The van der Waals surface area contributed by atoms with Crippen LogP contribution < -0.4 is 5.32 Å². The van der Waals surface area contributed by atoms with Gasteiger partial charge in [-0.1, -0.05) is 42.5 Å². The van der Waals surface area contributed by atoms with E-state index in [1.54, 1.807) is 29.2 Å². The number of nitrogens with zero attached hydrogens (tertiary/aromatic N) is 5. The standard InChI is InChI=1S/C34H38N6O3S/c1-22(41)38-15-11-25(12-16-38)35-32-18-28(36-33(37-32)27-21-44-31-9-5-4-8-26(27)31)34(43)40-17-13-29(30(42)20-40)39-14-10-23-6-2-3-7-24(23)19-39/h2-9,18,21,25,29-30,42H,10-17,19-20H2,1H3,(H,35,36,37)/t29-,30-/m1/s1. The lowest BCUT2D eigenvalue weighted by Crippen LogP contribution is -2.56. The van der Waals surface area contributed by atoms with E-state index in [0.29, 0.717) is 43.4 Å². The highest BCUT2D eigenvalue weighted by atomic mass is 32.1. The molecule has 5 heterocycles. The number of nitrogens with one attached hydrogen (secondary N) is 1. The molecule has 44 heavy (non-hydrogen) atoms. The number of likely N-dealkylation sites (tertiary alicyclic amines) is 2. The van der Waals surface area contributed by atoms with Crippen molar-refractivity contribution >= 4 is 39.1 Å². The zero-order valence-electron chi connectivity index (χ0n) is 25.0. The van der Waals surface area contributed by atoms with Crippen molar-refractivity contribution in [1.82, 2.24) is 24.7 Å². The molecule has 2 N–H and O–H groups in total. The predicted octanol–water partition coefficient (Wildman–Crippen LogP) is 4.41. The van der Waals surface area contributed by atoms with E-state index in [1.807, 2.05) is 17.0 Å². The van der Waals surface area contributed by atoms with Gasteiger partial charge in [0.2, 0.25) is 5.91 Å². The summed E-state index contributed by atoms with van der Waals surface area (Å²) < 4.78 is 1.14. The first-order valence-corrected chi connectivity index (χ1v) is 16.5. The van der Waals surface area contributed by atoms with Crippen LogP contribution in [0.15, 0.2) is 60.0 Å². The minimum Gasteiger partial charge on any atom is -0.390 e. The number of hydrogen-bond acceptors (Lipinski definition) is 8. The molecule has 2 fully saturated rings. The van der Waals surface area contributed by atoms with Crippen LogP contribution in [-0.4, -0.2) is 92.5 Å². The lowest BCUT2D eigenvalue weighted by atomic mass is 9.94. The second-order valence-electron chi connectivity index (χ2n) is 12.2. The van der Waals surface area contributed by atoms with Crippen molar-refractivity contribution in [2.45, 2.75) is 57.3 Å². The van der Waals surface area contributed by atoms with Gasteiger partial charge in [0.05, 0.1) is 6.10 Å². The molecule has 9 nitrogen and oxygen atoms in total. The van der Waals surface area contributed by atoms with Crippen LogP contribution in [-0.2, 0) is 17.8 Å². The molecule has 0 bridgehead atoms. The van der Waals surface area contributed by atoms with E-state index in [2.05, 4.69) is 52.0 Å². The highest BCUT2D eigenvalue weighted by molar-refractivity contribution is 7.17. The van der Waals surface area contributed by atoms with Crippen LogP contribution in [0.5, 0.6) is 0 Å². The average Bonchev–Trinajstić information content (AvgIpc) is 3.49.